The van der Waals surface area contributed by atoms with Gasteiger partial charge in [0.05, 0.1) is 18.3 Å². The molecule has 3 nitrogen and oxygen atoms in total. The molecule has 2 N–H and O–H groups in total. The van der Waals surface area contributed by atoms with Gasteiger partial charge in [0.2, 0.25) is 0 Å². The summed E-state index contributed by atoms with van der Waals surface area (Å²) in [6.07, 6.45) is 1.12. The van der Waals surface area contributed by atoms with Crippen molar-refractivity contribution < 1.29 is 4.74 Å². The third kappa shape index (κ3) is 2.24. The van der Waals surface area contributed by atoms with Crippen LogP contribution >= 0.6 is 11.3 Å². The predicted octanol–water partition coefficient (Wildman–Crippen LogP) is 3.85. The summed E-state index contributed by atoms with van der Waals surface area (Å²) in [4.78, 5) is 3.95. The fourth-order valence-electron chi connectivity index (χ4n) is 2.84. The summed E-state index contributed by atoms with van der Waals surface area (Å²) in [6.45, 7) is 5.93. The zero-order valence-electron chi connectivity index (χ0n) is 11.9. The van der Waals surface area contributed by atoms with Gasteiger partial charge in [0.15, 0.2) is 0 Å². The Hall–Kier alpha value is -1.68. The second-order valence-electron chi connectivity index (χ2n) is 5.07. The number of hydrogen-bond acceptors (Lipinski definition) is 4. The first-order chi connectivity index (χ1) is 9.70. The van der Waals surface area contributed by atoms with Gasteiger partial charge in [-0.1, -0.05) is 0 Å². The lowest BCUT2D eigenvalue weighted by Crippen LogP contribution is -2.33. The van der Waals surface area contributed by atoms with Gasteiger partial charge in [-0.2, -0.15) is 0 Å². The zero-order valence-corrected chi connectivity index (χ0v) is 12.7. The Morgan fingerprint density at radius 2 is 2.25 bits per heavy atom. The van der Waals surface area contributed by atoms with Gasteiger partial charge in [-0.05, 0) is 49.4 Å². The van der Waals surface area contributed by atoms with E-state index in [0.29, 0.717) is 18.3 Å². The highest BCUT2D eigenvalue weighted by Gasteiger charge is 2.25. The molecular formula is C16H20N2OS. The minimum absolute atomic E-state index is 0.406. The van der Waals surface area contributed by atoms with Gasteiger partial charge in [0.1, 0.15) is 5.75 Å². The molecule has 1 atom stereocenters. The zero-order chi connectivity index (χ0) is 14.1. The number of ether oxygens (including phenoxy) is 1. The van der Waals surface area contributed by atoms with Crippen molar-refractivity contribution in [3.05, 3.63) is 40.1 Å². The summed E-state index contributed by atoms with van der Waals surface area (Å²) in [7, 11) is 0. The number of anilines is 2. The molecule has 1 aromatic carbocycles. The number of nitrogens with zero attached hydrogens (tertiary/aromatic N) is 1. The van der Waals surface area contributed by atoms with E-state index in [1.54, 1.807) is 0 Å². The molecule has 0 bridgehead atoms. The molecule has 3 rings (SSSR count). The largest absolute Gasteiger partial charge is 0.492 e. The Labute approximate surface area is 124 Å². The van der Waals surface area contributed by atoms with Gasteiger partial charge in [-0.3, -0.25) is 0 Å². The maximum atomic E-state index is 5.96. The SMILES string of the molecule is CCOc1cc(N2CCc3sccc3C2C)ccc1N. The molecule has 4 heteroatoms. The first kappa shape index (κ1) is 13.3. The van der Waals surface area contributed by atoms with E-state index in [-0.39, 0.29) is 0 Å². The number of nitrogen functional groups attached to an aromatic ring is 1. The number of nitrogens with two attached hydrogens (primary N) is 1. The minimum atomic E-state index is 0.406. The van der Waals surface area contributed by atoms with Crippen LogP contribution in [0.1, 0.15) is 30.3 Å². The highest BCUT2D eigenvalue weighted by molar-refractivity contribution is 7.10. The van der Waals surface area contributed by atoms with Crippen molar-refractivity contribution in [3.63, 3.8) is 0 Å². The van der Waals surface area contributed by atoms with Gasteiger partial charge >= 0.3 is 0 Å². The van der Waals surface area contributed by atoms with Crippen LogP contribution in [0.4, 0.5) is 11.4 Å². The molecule has 0 saturated heterocycles. The number of thiophene rings is 1. The van der Waals surface area contributed by atoms with Crippen LogP contribution in [-0.4, -0.2) is 13.2 Å². The number of hydrogen-bond donors (Lipinski definition) is 1. The number of rotatable bonds is 3. The van der Waals surface area contributed by atoms with Crippen LogP contribution in [0.25, 0.3) is 0 Å². The first-order valence-electron chi connectivity index (χ1n) is 7.06. The highest BCUT2D eigenvalue weighted by Crippen LogP contribution is 2.38. The molecule has 1 aliphatic heterocycles. The second kappa shape index (κ2) is 5.37. The summed E-state index contributed by atoms with van der Waals surface area (Å²) in [6, 6.07) is 8.75. The Kier molecular flexibility index (Phi) is 3.57. The van der Waals surface area contributed by atoms with Crippen molar-refractivity contribution in [2.24, 2.45) is 0 Å². The van der Waals surface area contributed by atoms with Crippen molar-refractivity contribution in [3.8, 4) is 5.75 Å². The van der Waals surface area contributed by atoms with Gasteiger partial charge in [-0.15, -0.1) is 11.3 Å². The fourth-order valence-corrected chi connectivity index (χ4v) is 3.81. The van der Waals surface area contributed by atoms with Gasteiger partial charge in [-0.25, -0.2) is 0 Å². The Morgan fingerprint density at radius 1 is 1.40 bits per heavy atom. The molecule has 1 aromatic heterocycles. The molecule has 1 aliphatic rings. The molecule has 20 heavy (non-hydrogen) atoms. The van der Waals surface area contributed by atoms with Crippen LogP contribution in [-0.2, 0) is 6.42 Å². The van der Waals surface area contributed by atoms with Crippen LogP contribution in [0, 0.1) is 0 Å². The minimum Gasteiger partial charge on any atom is -0.492 e. The normalized spacial score (nSPS) is 17.9. The van der Waals surface area contributed by atoms with Gasteiger partial charge in [0, 0.05) is 23.2 Å². The molecule has 1 unspecified atom stereocenters. The van der Waals surface area contributed by atoms with Crippen molar-refractivity contribution in [2.75, 3.05) is 23.8 Å². The van der Waals surface area contributed by atoms with Crippen molar-refractivity contribution in [2.45, 2.75) is 26.3 Å². The predicted molar refractivity (Wildman–Crippen MR) is 85.8 cm³/mol. The van der Waals surface area contributed by atoms with E-state index in [9.17, 15) is 0 Å². The first-order valence-corrected chi connectivity index (χ1v) is 7.94. The Morgan fingerprint density at radius 3 is 3.05 bits per heavy atom. The molecule has 2 aromatic rings. The Balaban J connectivity index is 1.92. The Bertz CT molecular complexity index is 608. The van der Waals surface area contributed by atoms with Crippen LogP contribution in [0.15, 0.2) is 29.6 Å². The third-order valence-electron chi connectivity index (χ3n) is 3.91. The molecular weight excluding hydrogens is 268 g/mol. The molecule has 106 valence electrons. The molecule has 0 spiro atoms. The van der Waals surface area contributed by atoms with E-state index < -0.39 is 0 Å². The monoisotopic (exact) mass is 288 g/mol. The van der Waals surface area contributed by atoms with E-state index in [1.807, 2.05) is 24.3 Å². The molecule has 0 saturated carbocycles. The van der Waals surface area contributed by atoms with Crippen molar-refractivity contribution in [1.29, 1.82) is 0 Å². The van der Waals surface area contributed by atoms with Crippen LogP contribution in [0.5, 0.6) is 5.75 Å². The third-order valence-corrected chi connectivity index (χ3v) is 4.90. The fraction of sp³-hybridized carbons (Fsp3) is 0.375. The van der Waals surface area contributed by atoms with Crippen molar-refractivity contribution in [1.82, 2.24) is 0 Å². The maximum absolute atomic E-state index is 5.96. The van der Waals surface area contributed by atoms with E-state index in [1.165, 1.54) is 16.1 Å². The van der Waals surface area contributed by atoms with Crippen molar-refractivity contribution >= 4 is 22.7 Å². The van der Waals surface area contributed by atoms with Gasteiger partial charge in [0.25, 0.3) is 0 Å². The number of fused-ring (bicyclic) bond motifs is 1. The standard InChI is InChI=1S/C16H20N2OS/c1-3-19-15-10-12(4-5-14(15)17)18-8-6-16-13(11(18)2)7-9-20-16/h4-5,7,9-11H,3,6,8,17H2,1-2H3. The van der Waals surface area contributed by atoms with Crippen LogP contribution in [0.2, 0.25) is 0 Å². The summed E-state index contributed by atoms with van der Waals surface area (Å²) >= 11 is 1.87. The molecule has 0 radical (unpaired) electrons. The average Bonchev–Trinajstić information content (AvgIpc) is 2.92. The summed E-state index contributed by atoms with van der Waals surface area (Å²) in [5, 5.41) is 2.19. The van der Waals surface area contributed by atoms with Crippen LogP contribution in [0.3, 0.4) is 0 Å². The number of benzene rings is 1. The van der Waals surface area contributed by atoms with E-state index in [2.05, 4.69) is 35.4 Å². The summed E-state index contributed by atoms with van der Waals surface area (Å²) < 4.78 is 5.61. The highest BCUT2D eigenvalue weighted by atomic mass is 32.1. The lowest BCUT2D eigenvalue weighted by Gasteiger charge is -2.35. The second-order valence-corrected chi connectivity index (χ2v) is 6.07. The average molecular weight is 288 g/mol. The summed E-state index contributed by atoms with van der Waals surface area (Å²) in [5.74, 6) is 0.785. The van der Waals surface area contributed by atoms with E-state index in [0.717, 1.165) is 18.7 Å². The van der Waals surface area contributed by atoms with Gasteiger partial charge < -0.3 is 15.4 Å². The quantitative estimate of drug-likeness (QED) is 0.872. The lowest BCUT2D eigenvalue weighted by atomic mass is 10.0. The van der Waals surface area contributed by atoms with Crippen LogP contribution < -0.4 is 15.4 Å². The topological polar surface area (TPSA) is 38.5 Å². The molecule has 2 heterocycles. The maximum Gasteiger partial charge on any atom is 0.144 e. The van der Waals surface area contributed by atoms with E-state index >= 15 is 0 Å². The lowest BCUT2D eigenvalue weighted by molar-refractivity contribution is 0.342. The summed E-state index contributed by atoms with van der Waals surface area (Å²) in [5.41, 5.74) is 9.30. The molecule has 0 amide bonds. The van der Waals surface area contributed by atoms with E-state index in [4.69, 9.17) is 10.5 Å². The molecule has 0 aliphatic carbocycles. The smallest absolute Gasteiger partial charge is 0.144 e. The molecule has 0 fully saturated rings.